The fourth-order valence-corrected chi connectivity index (χ4v) is 14.8. The van der Waals surface area contributed by atoms with Crippen LogP contribution in [0.3, 0.4) is 0 Å². The van der Waals surface area contributed by atoms with Gasteiger partial charge < -0.3 is 43.2 Å². The van der Waals surface area contributed by atoms with Crippen LogP contribution in [0.5, 0.6) is 11.5 Å². The first kappa shape index (κ1) is 72.1. The minimum atomic E-state index is -1.58. The molecule has 5 atom stereocenters. The van der Waals surface area contributed by atoms with Gasteiger partial charge in [-0.15, -0.1) is 0 Å². The van der Waals surface area contributed by atoms with E-state index in [0.29, 0.717) is 79.9 Å². The van der Waals surface area contributed by atoms with Crippen molar-refractivity contribution in [3.05, 3.63) is 159 Å². The summed E-state index contributed by atoms with van der Waals surface area (Å²) in [4.78, 5) is 101. The molecule has 7 rings (SSSR count). The van der Waals surface area contributed by atoms with Gasteiger partial charge in [-0.2, -0.15) is 4.98 Å². The number of H-pyrrole nitrogens is 1. The van der Waals surface area contributed by atoms with Crippen LogP contribution in [0.25, 0.3) is 16.0 Å². The summed E-state index contributed by atoms with van der Waals surface area (Å²) in [6.45, 7) is 25.6. The Kier molecular flexibility index (Phi) is 27.5. The zero-order valence-corrected chi connectivity index (χ0v) is 57.0. The van der Waals surface area contributed by atoms with Gasteiger partial charge in [-0.1, -0.05) is 97.0 Å². The van der Waals surface area contributed by atoms with Crippen molar-refractivity contribution >= 4 is 82.3 Å². The number of Topliss-reactive ketones (excluding diaryl/α,β-unsaturated/α-hetero) is 1. The van der Waals surface area contributed by atoms with Crippen LogP contribution in [-0.4, -0.2) is 141 Å². The van der Waals surface area contributed by atoms with E-state index in [1.165, 1.54) is 18.0 Å². The van der Waals surface area contributed by atoms with Crippen molar-refractivity contribution in [2.24, 2.45) is 5.92 Å². The maximum Gasteiger partial charge on any atom is 0.280 e. The Morgan fingerprint density at radius 3 is 2.07 bits per heavy atom. The summed E-state index contributed by atoms with van der Waals surface area (Å²) in [6.07, 6.45) is 4.38. The molecule has 4 amide bonds. The first-order chi connectivity index (χ1) is 44.1. The van der Waals surface area contributed by atoms with Crippen LogP contribution in [0.15, 0.2) is 114 Å². The number of carbonyl (C=O) groups is 5. The van der Waals surface area contributed by atoms with E-state index in [0.717, 1.165) is 22.4 Å². The molecule has 21 nitrogen and oxygen atoms in total. The van der Waals surface area contributed by atoms with Gasteiger partial charge in [-0.05, 0) is 126 Å². The van der Waals surface area contributed by atoms with Crippen LogP contribution in [0.1, 0.15) is 140 Å². The molecule has 24 heteroatoms. The number of hydrogen-bond acceptors (Lipinski definition) is 17. The van der Waals surface area contributed by atoms with Crippen molar-refractivity contribution in [3.8, 4) is 11.5 Å². The molecular weight excluding hydrogens is 1230 g/mol. The summed E-state index contributed by atoms with van der Waals surface area (Å²) in [5.41, 5.74) is 2.14. The number of carbonyl (C=O) groups excluding carboxylic acids is 5. The molecule has 3 heterocycles. The number of methoxy groups -OCH3 is 2. The van der Waals surface area contributed by atoms with Crippen molar-refractivity contribution in [1.82, 2.24) is 34.8 Å². The van der Waals surface area contributed by atoms with Crippen molar-refractivity contribution in [2.45, 2.75) is 155 Å². The molecule has 0 radical (unpaired) electrons. The minimum absolute atomic E-state index is 0.00560. The molecule has 6 aromatic rings. The average molecular weight is 1320 g/mol. The molecule has 1 aliphatic rings. The lowest BCUT2D eigenvalue weighted by atomic mass is 9.80. The molecule has 0 spiro atoms. The number of amides is 4. The number of hydrogen-bond donors (Lipinski definition) is 3. The molecule has 0 aliphatic carbocycles. The zero-order chi connectivity index (χ0) is 66.5. The Bertz CT molecular complexity index is 3450. The highest BCUT2D eigenvalue weighted by molar-refractivity contribution is 8.76. The predicted molar refractivity (Wildman–Crippen MR) is 364 cm³/mol. The van der Waals surface area contributed by atoms with E-state index in [1.54, 1.807) is 73.9 Å². The Morgan fingerprint density at radius 2 is 1.47 bits per heavy atom. The van der Waals surface area contributed by atoms with E-state index in [2.05, 4.69) is 86.8 Å². The monoisotopic (exact) mass is 1310 g/mol. The maximum absolute atomic E-state index is 14.7. The van der Waals surface area contributed by atoms with Crippen LogP contribution >= 0.6 is 30.1 Å². The molecule has 1 aliphatic heterocycles. The summed E-state index contributed by atoms with van der Waals surface area (Å²) in [5.74, 6) is 0.975. The van der Waals surface area contributed by atoms with Gasteiger partial charge in [0, 0.05) is 79.0 Å². The van der Waals surface area contributed by atoms with Gasteiger partial charge in [-0.3, -0.25) is 39.1 Å². The second-order valence-corrected chi connectivity index (χ2v) is 27.9. The standard InChI is InChI=1S/C68H87N10O11PS2/c1-44(2)64(82)74-67-73-63-62(66(84)75-67)72-54(40-70-63)41-76(49(9)79)55-28-22-50(23-29-55)65(83)71-47(7)20-30-57(80)19-16-38-91-92-48(8)21-35-61(81)77-42-60(89-90(88-37-36-69-10)78(45(3)4)46(5)6)39-56(77)43-87-68(51-17-14-13-15-18-51,52-24-31-58(85-11)32-25-52)53-26-33-59(86-12)34-27-53/h13-15,17-18,22-29,31-34,40,44-48,56,60H,16,19-21,30,35-39,41-43H2,1-9,11-12H3,(H,71,83)(H2,70,73,74,75,82,84)/t47-,48?,56+,60-,90?/m1/s1. The number of aromatic nitrogens is 4. The third-order valence-corrected chi connectivity index (χ3v) is 20.8. The van der Waals surface area contributed by atoms with Gasteiger partial charge in [0.1, 0.15) is 29.5 Å². The second-order valence-electron chi connectivity index (χ2n) is 23.6. The van der Waals surface area contributed by atoms with E-state index in [9.17, 15) is 28.8 Å². The van der Waals surface area contributed by atoms with E-state index < -0.39 is 19.7 Å². The van der Waals surface area contributed by atoms with E-state index >= 15 is 0 Å². The van der Waals surface area contributed by atoms with Gasteiger partial charge >= 0.3 is 0 Å². The molecule has 0 bridgehead atoms. The van der Waals surface area contributed by atoms with Gasteiger partial charge in [0.15, 0.2) is 11.2 Å². The highest BCUT2D eigenvalue weighted by Crippen LogP contribution is 2.49. The molecular formula is C68H87N10O11PS2. The Balaban J connectivity index is 0.909. The average Bonchev–Trinajstić information content (AvgIpc) is 0.847. The van der Waals surface area contributed by atoms with Gasteiger partial charge in [0.05, 0.1) is 51.4 Å². The molecule has 2 aromatic heterocycles. The molecule has 1 fully saturated rings. The number of ketones is 1. The fraction of sp³-hybridized carbons (Fsp3) is 0.471. The summed E-state index contributed by atoms with van der Waals surface area (Å²) >= 11 is 0. The molecule has 0 saturated carbocycles. The van der Waals surface area contributed by atoms with Crippen LogP contribution < -0.4 is 30.6 Å². The smallest absolute Gasteiger partial charge is 0.280 e. The number of aromatic amines is 1. The second kappa shape index (κ2) is 35.1. The van der Waals surface area contributed by atoms with E-state index in [1.807, 2.05) is 78.6 Å². The first-order valence-corrected chi connectivity index (χ1v) is 34.7. The van der Waals surface area contributed by atoms with Gasteiger partial charge in [0.2, 0.25) is 30.2 Å². The molecule has 3 N–H and O–H groups in total. The Labute approximate surface area is 549 Å². The molecule has 2 unspecified atom stereocenters. The number of ether oxygens (including phenoxy) is 3. The highest BCUT2D eigenvalue weighted by atomic mass is 33.1. The maximum atomic E-state index is 14.7. The fourth-order valence-electron chi connectivity index (χ4n) is 10.7. The van der Waals surface area contributed by atoms with E-state index in [-0.39, 0.29) is 114 Å². The van der Waals surface area contributed by atoms with Crippen molar-refractivity contribution < 1.29 is 47.2 Å². The van der Waals surface area contributed by atoms with Gasteiger partial charge in [0.25, 0.3) is 20.0 Å². The number of rotatable bonds is 35. The minimum Gasteiger partial charge on any atom is -0.497 e. The quantitative estimate of drug-likeness (QED) is 0.0110. The van der Waals surface area contributed by atoms with Crippen LogP contribution in [-0.2, 0) is 45.1 Å². The zero-order valence-electron chi connectivity index (χ0n) is 54.5. The number of anilines is 2. The number of nitrogens with one attached hydrogen (secondary N) is 3. The van der Waals surface area contributed by atoms with Gasteiger partial charge in [-0.25, -0.2) is 21.2 Å². The third kappa shape index (κ3) is 19.9. The number of likely N-dealkylation sites (tertiary alicyclic amines) is 1. The summed E-state index contributed by atoms with van der Waals surface area (Å²) in [6, 6.07) is 32.0. The largest absolute Gasteiger partial charge is 0.497 e. The number of nitrogens with zero attached hydrogens (tertiary/aromatic N) is 7. The van der Waals surface area contributed by atoms with Crippen molar-refractivity contribution in [2.75, 3.05) is 56.5 Å². The molecule has 1 saturated heterocycles. The number of benzene rings is 4. The normalized spacial score (nSPS) is 15.1. The Hall–Kier alpha value is -7.29. The molecule has 92 heavy (non-hydrogen) atoms. The van der Waals surface area contributed by atoms with Crippen molar-refractivity contribution in [3.63, 3.8) is 0 Å². The van der Waals surface area contributed by atoms with Crippen LogP contribution in [0, 0.1) is 12.5 Å². The summed E-state index contributed by atoms with van der Waals surface area (Å²) in [5, 5.41) is 5.67. The lowest BCUT2D eigenvalue weighted by Gasteiger charge is -2.38. The lowest BCUT2D eigenvalue weighted by Crippen LogP contribution is -2.42. The summed E-state index contributed by atoms with van der Waals surface area (Å²) in [7, 11) is 5.11. The van der Waals surface area contributed by atoms with Crippen LogP contribution in [0.4, 0.5) is 11.6 Å². The predicted octanol–water partition coefficient (Wildman–Crippen LogP) is 12.0. The van der Waals surface area contributed by atoms with Crippen LogP contribution in [0.2, 0.25) is 0 Å². The van der Waals surface area contributed by atoms with E-state index in [4.69, 9.17) is 29.8 Å². The van der Waals surface area contributed by atoms with Crippen molar-refractivity contribution in [1.29, 1.82) is 0 Å². The SMILES string of the molecule is [C-]#[N+]CCOP(O[C@@H]1C[C@@H](COC(c2ccccc2)(c2ccc(OC)cc2)c2ccc(OC)cc2)N(C(=O)CCC(C)SSCCCC(=O)CC[C@@H](C)NC(=O)c2ccc(N(Cc3cnc4nc(NC(=O)C(C)C)[nH]c(=O)c4n3)C(C)=O)cc2)C1)N(C(C)C)C(C)C. The number of fused-ring (bicyclic) bond motifs is 1. The Morgan fingerprint density at radius 1 is 0.826 bits per heavy atom. The lowest BCUT2D eigenvalue weighted by molar-refractivity contribution is -0.134. The topological polar surface area (TPSA) is 241 Å². The third-order valence-electron chi connectivity index (χ3n) is 15.5. The highest BCUT2D eigenvalue weighted by Gasteiger charge is 2.44. The molecule has 492 valence electrons. The summed E-state index contributed by atoms with van der Waals surface area (Å²) < 4.78 is 34.1. The first-order valence-electron chi connectivity index (χ1n) is 31.2. The molecule has 4 aromatic carbocycles.